The minimum Gasteiger partial charge on any atom is -0.462 e. The van der Waals surface area contributed by atoms with Crippen LogP contribution in [-0.4, -0.2) is 47.1 Å². The van der Waals surface area contributed by atoms with Gasteiger partial charge in [-0.3, -0.25) is 14.4 Å². The number of ether oxygens (including phenoxy) is 1. The van der Waals surface area contributed by atoms with Crippen molar-refractivity contribution in [2.24, 2.45) is 5.41 Å². The molecule has 28 heavy (non-hydrogen) atoms. The molecular formula is C22H40O6. The van der Waals surface area contributed by atoms with Crippen LogP contribution in [-0.2, 0) is 19.1 Å². The van der Waals surface area contributed by atoms with E-state index in [9.17, 15) is 19.5 Å². The highest BCUT2D eigenvalue weighted by atomic mass is 16.5. The first-order valence-electron chi connectivity index (χ1n) is 10.8. The predicted octanol–water partition coefficient (Wildman–Crippen LogP) is 3.75. The van der Waals surface area contributed by atoms with Crippen molar-refractivity contribution in [3.8, 4) is 0 Å². The largest absolute Gasteiger partial charge is 0.462 e. The second-order valence-corrected chi connectivity index (χ2v) is 7.74. The van der Waals surface area contributed by atoms with Crippen LogP contribution in [0.5, 0.6) is 0 Å². The standard InChI is InChI=1S/C22H40O6/c1-4-5-6-7-8-9-10-11-12-13-14-15-22(18(2)24,19(3)25)21(27)28-17-20(26)16-23/h20,23,26H,4-17H2,1-3H3. The molecule has 6 nitrogen and oxygen atoms in total. The number of aliphatic hydroxyl groups is 2. The highest BCUT2D eigenvalue weighted by Gasteiger charge is 2.49. The van der Waals surface area contributed by atoms with Crippen LogP contribution >= 0.6 is 0 Å². The van der Waals surface area contributed by atoms with Crippen molar-refractivity contribution in [1.82, 2.24) is 0 Å². The lowest BCUT2D eigenvalue weighted by Crippen LogP contribution is -2.46. The fourth-order valence-corrected chi connectivity index (χ4v) is 3.39. The summed E-state index contributed by atoms with van der Waals surface area (Å²) in [5, 5.41) is 18.1. The van der Waals surface area contributed by atoms with E-state index in [1.54, 1.807) is 0 Å². The number of ketones is 2. The molecule has 0 heterocycles. The van der Waals surface area contributed by atoms with Crippen molar-refractivity contribution in [2.45, 2.75) is 104 Å². The second-order valence-electron chi connectivity index (χ2n) is 7.74. The van der Waals surface area contributed by atoms with Gasteiger partial charge >= 0.3 is 5.97 Å². The molecule has 1 unspecified atom stereocenters. The molecule has 0 aromatic rings. The van der Waals surface area contributed by atoms with Gasteiger partial charge in [0.1, 0.15) is 12.7 Å². The molecule has 0 aromatic carbocycles. The summed E-state index contributed by atoms with van der Waals surface area (Å²) in [4.78, 5) is 36.7. The Morgan fingerprint density at radius 3 is 1.64 bits per heavy atom. The average molecular weight is 401 g/mol. The van der Waals surface area contributed by atoms with Gasteiger partial charge in [-0.05, 0) is 20.3 Å². The SMILES string of the molecule is CCCCCCCCCCCCCC(C(C)=O)(C(C)=O)C(=O)OCC(O)CO. The maximum Gasteiger partial charge on any atom is 0.327 e. The molecule has 1 atom stereocenters. The molecular weight excluding hydrogens is 360 g/mol. The Morgan fingerprint density at radius 1 is 0.821 bits per heavy atom. The van der Waals surface area contributed by atoms with Crippen molar-refractivity contribution in [1.29, 1.82) is 0 Å². The lowest BCUT2D eigenvalue weighted by atomic mass is 9.75. The number of esters is 1. The van der Waals surface area contributed by atoms with Gasteiger partial charge in [-0.2, -0.15) is 0 Å². The lowest BCUT2D eigenvalue weighted by Gasteiger charge is -2.26. The topological polar surface area (TPSA) is 101 Å². The van der Waals surface area contributed by atoms with E-state index in [0.29, 0.717) is 6.42 Å². The fraction of sp³-hybridized carbons (Fsp3) is 0.864. The maximum absolute atomic E-state index is 12.4. The van der Waals surface area contributed by atoms with Crippen LogP contribution in [0.4, 0.5) is 0 Å². The number of hydrogen-bond acceptors (Lipinski definition) is 6. The van der Waals surface area contributed by atoms with Crippen molar-refractivity contribution in [3.05, 3.63) is 0 Å². The second kappa shape index (κ2) is 15.6. The summed E-state index contributed by atoms with van der Waals surface area (Å²) >= 11 is 0. The maximum atomic E-state index is 12.4. The zero-order valence-corrected chi connectivity index (χ0v) is 18.0. The summed E-state index contributed by atoms with van der Waals surface area (Å²) in [5.41, 5.74) is -1.80. The van der Waals surface area contributed by atoms with E-state index in [4.69, 9.17) is 9.84 Å². The third kappa shape index (κ3) is 9.78. The van der Waals surface area contributed by atoms with Gasteiger partial charge in [0.15, 0.2) is 17.0 Å². The molecule has 0 spiro atoms. The number of hydrogen-bond donors (Lipinski definition) is 2. The van der Waals surface area contributed by atoms with Crippen LogP contribution in [0.25, 0.3) is 0 Å². The number of carbonyl (C=O) groups is 3. The van der Waals surface area contributed by atoms with Gasteiger partial charge in [-0.15, -0.1) is 0 Å². The molecule has 6 heteroatoms. The summed E-state index contributed by atoms with van der Waals surface area (Å²) in [6.45, 7) is 3.67. The number of Topliss-reactive ketones (excluding diaryl/α,β-unsaturated/α-hetero) is 2. The third-order valence-electron chi connectivity index (χ3n) is 5.32. The molecule has 0 bridgehead atoms. The zero-order valence-electron chi connectivity index (χ0n) is 18.0. The molecule has 0 aliphatic carbocycles. The van der Waals surface area contributed by atoms with E-state index in [0.717, 1.165) is 19.3 Å². The molecule has 0 fully saturated rings. The van der Waals surface area contributed by atoms with E-state index in [-0.39, 0.29) is 6.42 Å². The number of unbranched alkanes of at least 4 members (excludes halogenated alkanes) is 10. The van der Waals surface area contributed by atoms with E-state index in [2.05, 4.69) is 6.92 Å². The summed E-state index contributed by atoms with van der Waals surface area (Å²) in [6.07, 6.45) is 11.4. The number of carbonyl (C=O) groups excluding carboxylic acids is 3. The van der Waals surface area contributed by atoms with Crippen molar-refractivity contribution in [3.63, 3.8) is 0 Å². The highest BCUT2D eigenvalue weighted by Crippen LogP contribution is 2.30. The molecule has 0 aliphatic rings. The Labute approximate surface area is 170 Å². The molecule has 0 saturated carbocycles. The van der Waals surface area contributed by atoms with Crippen molar-refractivity contribution < 1.29 is 29.3 Å². The Morgan fingerprint density at radius 2 is 1.25 bits per heavy atom. The summed E-state index contributed by atoms with van der Waals surface area (Å²) < 4.78 is 4.94. The van der Waals surface area contributed by atoms with E-state index in [1.807, 2.05) is 0 Å². The van der Waals surface area contributed by atoms with Crippen LogP contribution in [0, 0.1) is 5.41 Å². The minimum atomic E-state index is -1.80. The van der Waals surface area contributed by atoms with Crippen molar-refractivity contribution in [2.75, 3.05) is 13.2 Å². The quantitative estimate of drug-likeness (QED) is 0.206. The predicted molar refractivity (Wildman–Crippen MR) is 109 cm³/mol. The summed E-state index contributed by atoms with van der Waals surface area (Å²) in [7, 11) is 0. The van der Waals surface area contributed by atoms with Gasteiger partial charge < -0.3 is 14.9 Å². The Balaban J connectivity index is 4.32. The Hall–Kier alpha value is -1.27. The lowest BCUT2D eigenvalue weighted by molar-refractivity contribution is -0.166. The van der Waals surface area contributed by atoms with E-state index in [1.165, 1.54) is 58.8 Å². The smallest absolute Gasteiger partial charge is 0.327 e. The number of rotatable bonds is 18. The molecule has 0 aliphatic heterocycles. The first-order chi connectivity index (χ1) is 13.3. The Kier molecular flexibility index (Phi) is 14.9. The molecule has 164 valence electrons. The first-order valence-corrected chi connectivity index (χ1v) is 10.8. The van der Waals surface area contributed by atoms with Crippen LogP contribution in [0.1, 0.15) is 97.8 Å². The number of aliphatic hydroxyl groups excluding tert-OH is 2. The van der Waals surface area contributed by atoms with Gasteiger partial charge in [0.2, 0.25) is 0 Å². The van der Waals surface area contributed by atoms with E-state index < -0.39 is 42.3 Å². The summed E-state index contributed by atoms with van der Waals surface area (Å²) in [6, 6.07) is 0. The minimum absolute atomic E-state index is 0.128. The van der Waals surface area contributed by atoms with Crippen LogP contribution in [0.3, 0.4) is 0 Å². The fourth-order valence-electron chi connectivity index (χ4n) is 3.39. The van der Waals surface area contributed by atoms with Gasteiger partial charge in [0, 0.05) is 0 Å². The van der Waals surface area contributed by atoms with Gasteiger partial charge in [0.25, 0.3) is 0 Å². The molecule has 0 rings (SSSR count). The third-order valence-corrected chi connectivity index (χ3v) is 5.32. The van der Waals surface area contributed by atoms with E-state index >= 15 is 0 Å². The highest BCUT2D eigenvalue weighted by molar-refractivity contribution is 6.21. The van der Waals surface area contributed by atoms with Crippen LogP contribution < -0.4 is 0 Å². The average Bonchev–Trinajstić information content (AvgIpc) is 2.66. The zero-order chi connectivity index (χ0) is 21.4. The van der Waals surface area contributed by atoms with Gasteiger partial charge in [0.05, 0.1) is 6.61 Å². The summed E-state index contributed by atoms with van der Waals surface area (Å²) in [5.74, 6) is -1.99. The molecule has 2 N–H and O–H groups in total. The van der Waals surface area contributed by atoms with Crippen molar-refractivity contribution >= 4 is 17.5 Å². The van der Waals surface area contributed by atoms with Gasteiger partial charge in [-0.25, -0.2) is 0 Å². The van der Waals surface area contributed by atoms with Crippen LogP contribution in [0.15, 0.2) is 0 Å². The first kappa shape index (κ1) is 26.7. The molecule has 0 radical (unpaired) electrons. The normalized spacial score (nSPS) is 12.6. The molecule has 0 aromatic heterocycles. The van der Waals surface area contributed by atoms with Crippen LogP contribution in [0.2, 0.25) is 0 Å². The monoisotopic (exact) mass is 400 g/mol. The molecule has 0 saturated heterocycles. The van der Waals surface area contributed by atoms with Gasteiger partial charge in [-0.1, -0.05) is 77.6 Å². The molecule has 0 amide bonds. The Bertz CT molecular complexity index is 446.